The number of hydrogen-bond acceptors (Lipinski definition) is 3. The summed E-state index contributed by atoms with van der Waals surface area (Å²) in [7, 11) is 0. The molecule has 2 N–H and O–H groups in total. The Labute approximate surface area is 124 Å². The molecular formula is C15H21N3O3. The standard InChI is InChI=1S/C15H21N3O3/c1-11-4-3-5-13(8-11)21-10-12(2)17-15(20)18-7-6-16-14(19)9-18/h3-5,8,12H,6-7,9-10H2,1-2H3,(H,16,19)(H,17,20). The Morgan fingerprint density at radius 1 is 1.52 bits per heavy atom. The second-order valence-electron chi connectivity index (χ2n) is 5.25. The fourth-order valence-corrected chi connectivity index (χ4v) is 2.08. The number of carbonyl (C=O) groups is 2. The minimum atomic E-state index is -0.231. The number of aryl methyl sites for hydroxylation is 1. The molecule has 1 unspecified atom stereocenters. The van der Waals surface area contributed by atoms with Crippen LogP contribution < -0.4 is 15.4 Å². The first kappa shape index (κ1) is 15.2. The molecule has 0 aliphatic carbocycles. The van der Waals surface area contributed by atoms with Gasteiger partial charge in [0, 0.05) is 13.1 Å². The number of hydrogen-bond donors (Lipinski definition) is 2. The summed E-state index contributed by atoms with van der Waals surface area (Å²) in [4.78, 5) is 24.7. The van der Waals surface area contributed by atoms with Gasteiger partial charge in [0.2, 0.25) is 5.91 Å². The first-order valence-corrected chi connectivity index (χ1v) is 7.06. The highest BCUT2D eigenvalue weighted by molar-refractivity contribution is 5.85. The number of amides is 3. The number of carbonyl (C=O) groups excluding carboxylic acids is 2. The van der Waals surface area contributed by atoms with E-state index in [1.54, 1.807) is 0 Å². The van der Waals surface area contributed by atoms with E-state index >= 15 is 0 Å². The van der Waals surface area contributed by atoms with Crippen LogP contribution in [0, 0.1) is 6.92 Å². The summed E-state index contributed by atoms with van der Waals surface area (Å²) < 4.78 is 5.65. The van der Waals surface area contributed by atoms with Gasteiger partial charge >= 0.3 is 6.03 Å². The third-order valence-electron chi connectivity index (χ3n) is 3.18. The van der Waals surface area contributed by atoms with Crippen molar-refractivity contribution in [2.45, 2.75) is 19.9 Å². The Morgan fingerprint density at radius 2 is 2.33 bits per heavy atom. The molecule has 6 nitrogen and oxygen atoms in total. The monoisotopic (exact) mass is 291 g/mol. The fourth-order valence-electron chi connectivity index (χ4n) is 2.08. The Balaban J connectivity index is 1.77. The first-order chi connectivity index (χ1) is 10.0. The summed E-state index contributed by atoms with van der Waals surface area (Å²) in [5, 5.41) is 5.52. The molecule has 1 aromatic carbocycles. The maximum atomic E-state index is 12.0. The van der Waals surface area contributed by atoms with Gasteiger partial charge in [0.15, 0.2) is 0 Å². The predicted molar refractivity (Wildman–Crippen MR) is 79.3 cm³/mol. The minimum absolute atomic E-state index is 0.108. The predicted octanol–water partition coefficient (Wildman–Crippen LogP) is 0.904. The number of benzene rings is 1. The zero-order valence-corrected chi connectivity index (χ0v) is 12.4. The van der Waals surface area contributed by atoms with E-state index in [0.29, 0.717) is 19.7 Å². The zero-order chi connectivity index (χ0) is 15.2. The van der Waals surface area contributed by atoms with Crippen molar-refractivity contribution in [3.8, 4) is 5.75 Å². The van der Waals surface area contributed by atoms with Crippen LogP contribution in [0.4, 0.5) is 4.79 Å². The number of ether oxygens (including phenoxy) is 1. The molecule has 2 rings (SSSR count). The van der Waals surface area contributed by atoms with Crippen molar-refractivity contribution in [1.82, 2.24) is 15.5 Å². The third kappa shape index (κ3) is 4.66. The molecule has 1 aliphatic heterocycles. The lowest BCUT2D eigenvalue weighted by molar-refractivity contribution is -0.123. The summed E-state index contributed by atoms with van der Waals surface area (Å²) in [6.07, 6.45) is 0. The summed E-state index contributed by atoms with van der Waals surface area (Å²) >= 11 is 0. The van der Waals surface area contributed by atoms with Crippen molar-refractivity contribution in [3.05, 3.63) is 29.8 Å². The van der Waals surface area contributed by atoms with Crippen molar-refractivity contribution in [1.29, 1.82) is 0 Å². The van der Waals surface area contributed by atoms with E-state index in [4.69, 9.17) is 4.74 Å². The molecule has 21 heavy (non-hydrogen) atoms. The van der Waals surface area contributed by atoms with Gasteiger partial charge in [-0.3, -0.25) is 4.79 Å². The normalized spacial score (nSPS) is 16.1. The number of nitrogens with one attached hydrogen (secondary N) is 2. The lowest BCUT2D eigenvalue weighted by Gasteiger charge is -2.28. The molecule has 1 aromatic rings. The van der Waals surface area contributed by atoms with Crippen LogP contribution in [-0.2, 0) is 4.79 Å². The molecule has 0 spiro atoms. The van der Waals surface area contributed by atoms with Crippen molar-refractivity contribution < 1.29 is 14.3 Å². The van der Waals surface area contributed by atoms with Crippen molar-refractivity contribution in [2.75, 3.05) is 26.2 Å². The minimum Gasteiger partial charge on any atom is -0.491 e. The maximum absolute atomic E-state index is 12.0. The first-order valence-electron chi connectivity index (χ1n) is 7.06. The highest BCUT2D eigenvalue weighted by Gasteiger charge is 2.22. The van der Waals surface area contributed by atoms with Crippen molar-refractivity contribution in [2.24, 2.45) is 0 Å². The van der Waals surface area contributed by atoms with Gasteiger partial charge in [-0.1, -0.05) is 12.1 Å². The summed E-state index contributed by atoms with van der Waals surface area (Å²) in [5.41, 5.74) is 1.13. The highest BCUT2D eigenvalue weighted by atomic mass is 16.5. The largest absolute Gasteiger partial charge is 0.491 e. The molecule has 3 amide bonds. The van der Waals surface area contributed by atoms with E-state index in [2.05, 4.69) is 10.6 Å². The zero-order valence-electron chi connectivity index (χ0n) is 12.4. The molecule has 6 heteroatoms. The van der Waals surface area contributed by atoms with E-state index in [1.807, 2.05) is 38.1 Å². The SMILES string of the molecule is Cc1cccc(OCC(C)NC(=O)N2CCNC(=O)C2)c1. The van der Waals surface area contributed by atoms with Gasteiger partial charge in [0.1, 0.15) is 18.9 Å². The molecule has 0 radical (unpaired) electrons. The lowest BCUT2D eigenvalue weighted by Crippen LogP contribution is -2.54. The number of piperazine rings is 1. The van der Waals surface area contributed by atoms with Gasteiger partial charge in [-0.2, -0.15) is 0 Å². The fraction of sp³-hybridized carbons (Fsp3) is 0.467. The summed E-state index contributed by atoms with van der Waals surface area (Å²) in [6.45, 7) is 5.40. The van der Waals surface area contributed by atoms with Crippen LogP contribution in [0.3, 0.4) is 0 Å². The van der Waals surface area contributed by atoms with Gasteiger partial charge in [-0.05, 0) is 31.5 Å². The topological polar surface area (TPSA) is 70.7 Å². The van der Waals surface area contributed by atoms with Crippen LogP contribution in [0.25, 0.3) is 0 Å². The number of nitrogens with zero attached hydrogens (tertiary/aromatic N) is 1. The van der Waals surface area contributed by atoms with E-state index in [1.165, 1.54) is 4.90 Å². The van der Waals surface area contributed by atoms with E-state index in [-0.39, 0.29) is 24.5 Å². The smallest absolute Gasteiger partial charge is 0.318 e. The van der Waals surface area contributed by atoms with Crippen molar-refractivity contribution in [3.63, 3.8) is 0 Å². The molecule has 1 atom stereocenters. The number of rotatable bonds is 4. The van der Waals surface area contributed by atoms with E-state index in [0.717, 1.165) is 11.3 Å². The summed E-state index contributed by atoms with van der Waals surface area (Å²) in [5.74, 6) is 0.661. The van der Waals surface area contributed by atoms with Crippen LogP contribution in [0.15, 0.2) is 24.3 Å². The Kier molecular flexibility index (Phi) is 5.03. The number of urea groups is 1. The second kappa shape index (κ2) is 6.97. The molecule has 1 heterocycles. The molecular weight excluding hydrogens is 270 g/mol. The van der Waals surface area contributed by atoms with Crippen LogP contribution in [0.1, 0.15) is 12.5 Å². The molecule has 0 bridgehead atoms. The average Bonchev–Trinajstić information content (AvgIpc) is 2.45. The van der Waals surface area contributed by atoms with Gasteiger partial charge in [-0.15, -0.1) is 0 Å². The second-order valence-corrected chi connectivity index (χ2v) is 5.25. The Bertz CT molecular complexity index is 519. The molecule has 114 valence electrons. The van der Waals surface area contributed by atoms with Crippen LogP contribution in [0.5, 0.6) is 5.75 Å². The van der Waals surface area contributed by atoms with Crippen LogP contribution >= 0.6 is 0 Å². The van der Waals surface area contributed by atoms with Crippen molar-refractivity contribution >= 4 is 11.9 Å². The average molecular weight is 291 g/mol. The van der Waals surface area contributed by atoms with Crippen LogP contribution in [0.2, 0.25) is 0 Å². The van der Waals surface area contributed by atoms with Gasteiger partial charge in [0.05, 0.1) is 6.04 Å². The Morgan fingerprint density at radius 3 is 3.05 bits per heavy atom. The van der Waals surface area contributed by atoms with Gasteiger partial charge in [-0.25, -0.2) is 4.79 Å². The third-order valence-corrected chi connectivity index (χ3v) is 3.18. The van der Waals surface area contributed by atoms with E-state index < -0.39 is 0 Å². The molecule has 1 aliphatic rings. The lowest BCUT2D eigenvalue weighted by atomic mass is 10.2. The Hall–Kier alpha value is -2.24. The quantitative estimate of drug-likeness (QED) is 0.866. The van der Waals surface area contributed by atoms with E-state index in [9.17, 15) is 9.59 Å². The van der Waals surface area contributed by atoms with Gasteiger partial charge < -0.3 is 20.3 Å². The van der Waals surface area contributed by atoms with Crippen LogP contribution in [-0.4, -0.2) is 49.1 Å². The molecule has 1 fully saturated rings. The molecule has 0 saturated carbocycles. The highest BCUT2D eigenvalue weighted by Crippen LogP contribution is 2.12. The van der Waals surface area contributed by atoms with Gasteiger partial charge in [0.25, 0.3) is 0 Å². The molecule has 1 saturated heterocycles. The molecule has 0 aromatic heterocycles. The summed E-state index contributed by atoms with van der Waals surface area (Å²) in [6, 6.07) is 7.40. The maximum Gasteiger partial charge on any atom is 0.318 e.